The van der Waals surface area contributed by atoms with Gasteiger partial charge in [-0.25, -0.2) is 13.6 Å². The Labute approximate surface area is 181 Å². The van der Waals surface area contributed by atoms with Crippen molar-refractivity contribution < 1.29 is 28.0 Å². The summed E-state index contributed by atoms with van der Waals surface area (Å²) >= 11 is 1.31. The molecule has 0 aromatic heterocycles. The summed E-state index contributed by atoms with van der Waals surface area (Å²) < 4.78 is 27.9. The normalized spacial score (nSPS) is 18.2. The second kappa shape index (κ2) is 8.46. The van der Waals surface area contributed by atoms with Crippen LogP contribution < -0.4 is 10.6 Å². The lowest BCUT2D eigenvalue weighted by Gasteiger charge is -2.22. The van der Waals surface area contributed by atoms with Crippen LogP contribution in [0.15, 0.2) is 41.3 Å². The van der Waals surface area contributed by atoms with Gasteiger partial charge in [-0.2, -0.15) is 0 Å². The fourth-order valence-corrected chi connectivity index (χ4v) is 3.88. The summed E-state index contributed by atoms with van der Waals surface area (Å²) in [6, 6.07) is 6.29. The topological polar surface area (TPSA) is 95.6 Å². The minimum absolute atomic E-state index is 0.226. The van der Waals surface area contributed by atoms with Crippen LogP contribution in [0.25, 0.3) is 0 Å². The average Bonchev–Trinajstić information content (AvgIpc) is 2.93. The number of hydrogen-bond acceptors (Lipinski definition) is 5. The zero-order valence-corrected chi connectivity index (χ0v) is 17.7. The maximum absolute atomic E-state index is 14.2. The Morgan fingerprint density at radius 2 is 1.87 bits per heavy atom. The molecule has 162 valence electrons. The second-order valence-corrected chi connectivity index (χ2v) is 7.94. The van der Waals surface area contributed by atoms with Crippen LogP contribution in [-0.2, 0) is 15.1 Å². The number of hydrogen-bond donors (Lipinski definition) is 2. The van der Waals surface area contributed by atoms with Crippen molar-refractivity contribution in [2.75, 3.05) is 18.1 Å². The Morgan fingerprint density at radius 1 is 1.16 bits per heavy atom. The highest BCUT2D eigenvalue weighted by Crippen LogP contribution is 2.32. The molecule has 31 heavy (non-hydrogen) atoms. The summed E-state index contributed by atoms with van der Waals surface area (Å²) in [5.41, 5.74) is -1.42. The molecule has 1 aliphatic heterocycles. The number of Topliss-reactive ketones (excluding diaryl/α,β-unsaturated/α-hetero) is 1. The third kappa shape index (κ3) is 4.29. The van der Waals surface area contributed by atoms with Crippen LogP contribution in [0.3, 0.4) is 0 Å². The molecule has 2 aromatic rings. The molecule has 1 heterocycles. The number of rotatable bonds is 6. The summed E-state index contributed by atoms with van der Waals surface area (Å²) in [7, 11) is 0. The molecule has 0 aliphatic carbocycles. The van der Waals surface area contributed by atoms with Crippen molar-refractivity contribution in [3.8, 4) is 0 Å². The van der Waals surface area contributed by atoms with Crippen molar-refractivity contribution in [3.05, 3.63) is 59.2 Å². The molecule has 4 amide bonds. The minimum Gasteiger partial charge on any atom is -0.325 e. The van der Waals surface area contributed by atoms with E-state index in [2.05, 4.69) is 10.6 Å². The standard InChI is InChI=1S/C21H19F2N3O4S/c1-11(27)24-16-7-4-12(8-18(16)31-3)17(28)10-26-19(29)21(2,25-20(26)30)14-9-13(22)5-6-15(14)23/h4-9H,10H2,1-3H3,(H,24,27)(H,25,30). The van der Waals surface area contributed by atoms with Crippen LogP contribution in [0.4, 0.5) is 19.3 Å². The minimum atomic E-state index is -1.84. The van der Waals surface area contributed by atoms with Gasteiger partial charge in [-0.1, -0.05) is 0 Å². The van der Waals surface area contributed by atoms with Crippen LogP contribution >= 0.6 is 11.8 Å². The van der Waals surface area contributed by atoms with Gasteiger partial charge in [-0.15, -0.1) is 11.8 Å². The molecule has 2 aromatic carbocycles. The van der Waals surface area contributed by atoms with E-state index in [1.54, 1.807) is 18.4 Å². The average molecular weight is 447 g/mol. The highest BCUT2D eigenvalue weighted by atomic mass is 32.2. The first-order valence-corrected chi connectivity index (χ1v) is 10.4. The highest BCUT2D eigenvalue weighted by molar-refractivity contribution is 7.98. The van der Waals surface area contributed by atoms with Crippen LogP contribution in [0.2, 0.25) is 0 Å². The summed E-state index contributed by atoms with van der Waals surface area (Å²) in [6.45, 7) is 2.04. The first-order chi connectivity index (χ1) is 14.6. The van der Waals surface area contributed by atoms with Gasteiger partial charge in [0.25, 0.3) is 5.91 Å². The number of imide groups is 1. The summed E-state index contributed by atoms with van der Waals surface area (Å²) in [4.78, 5) is 50.7. The Hall–Kier alpha value is -3.27. The number of carbonyl (C=O) groups is 4. The van der Waals surface area contributed by atoms with Crippen LogP contribution in [-0.4, -0.2) is 41.3 Å². The number of nitrogens with one attached hydrogen (secondary N) is 2. The van der Waals surface area contributed by atoms with Gasteiger partial charge in [0.1, 0.15) is 17.2 Å². The van der Waals surface area contributed by atoms with Crippen molar-refractivity contribution in [2.45, 2.75) is 24.3 Å². The van der Waals surface area contributed by atoms with Crippen molar-refractivity contribution in [2.24, 2.45) is 0 Å². The first kappa shape index (κ1) is 22.4. The van der Waals surface area contributed by atoms with Gasteiger partial charge >= 0.3 is 6.03 Å². The van der Waals surface area contributed by atoms with Crippen LogP contribution in [0, 0.1) is 11.6 Å². The maximum atomic E-state index is 14.2. The monoisotopic (exact) mass is 447 g/mol. The molecule has 1 aliphatic rings. The summed E-state index contributed by atoms with van der Waals surface area (Å²) in [6.07, 6.45) is 1.77. The fraction of sp³-hybridized carbons (Fsp3) is 0.238. The molecule has 0 saturated carbocycles. The zero-order chi connectivity index (χ0) is 22.9. The molecular formula is C21H19F2N3O4S. The molecule has 0 radical (unpaired) electrons. The molecule has 0 bridgehead atoms. The van der Waals surface area contributed by atoms with Crippen molar-refractivity contribution in [3.63, 3.8) is 0 Å². The Bertz CT molecular complexity index is 1110. The summed E-state index contributed by atoms with van der Waals surface area (Å²) in [5, 5.41) is 5.00. The third-order valence-corrected chi connectivity index (χ3v) is 5.66. The number of halogens is 2. The maximum Gasteiger partial charge on any atom is 0.325 e. The molecular weight excluding hydrogens is 428 g/mol. The van der Waals surface area contributed by atoms with E-state index in [1.165, 1.54) is 31.7 Å². The molecule has 1 atom stereocenters. The number of ketones is 1. The molecule has 1 fully saturated rings. The second-order valence-electron chi connectivity index (χ2n) is 7.09. The van der Waals surface area contributed by atoms with Crippen LogP contribution in [0.1, 0.15) is 29.8 Å². The van der Waals surface area contributed by atoms with Crippen molar-refractivity contribution in [1.29, 1.82) is 0 Å². The van der Waals surface area contributed by atoms with Gasteiger partial charge in [0.2, 0.25) is 5.91 Å². The van der Waals surface area contributed by atoms with E-state index in [0.717, 1.165) is 18.2 Å². The quantitative estimate of drug-likeness (QED) is 0.403. The van der Waals surface area contributed by atoms with E-state index in [-0.39, 0.29) is 17.0 Å². The van der Waals surface area contributed by atoms with Gasteiger partial charge < -0.3 is 10.6 Å². The smallest absolute Gasteiger partial charge is 0.325 e. The zero-order valence-electron chi connectivity index (χ0n) is 16.9. The number of anilines is 1. The number of nitrogens with zero attached hydrogens (tertiary/aromatic N) is 1. The molecule has 0 spiro atoms. The lowest BCUT2D eigenvalue weighted by molar-refractivity contribution is -0.130. The van der Waals surface area contributed by atoms with Gasteiger partial charge in [-0.3, -0.25) is 19.3 Å². The lowest BCUT2D eigenvalue weighted by Crippen LogP contribution is -2.42. The first-order valence-electron chi connectivity index (χ1n) is 9.15. The van der Waals surface area contributed by atoms with E-state index in [0.29, 0.717) is 15.5 Å². The number of amides is 4. The highest BCUT2D eigenvalue weighted by Gasteiger charge is 2.50. The van der Waals surface area contributed by atoms with E-state index < -0.39 is 41.4 Å². The number of urea groups is 1. The molecule has 10 heteroatoms. The van der Waals surface area contributed by atoms with E-state index in [4.69, 9.17) is 0 Å². The molecule has 1 unspecified atom stereocenters. The largest absolute Gasteiger partial charge is 0.325 e. The van der Waals surface area contributed by atoms with E-state index >= 15 is 0 Å². The number of thioether (sulfide) groups is 1. The summed E-state index contributed by atoms with van der Waals surface area (Å²) in [5.74, 6) is -3.29. The van der Waals surface area contributed by atoms with Gasteiger partial charge in [0, 0.05) is 22.9 Å². The molecule has 1 saturated heterocycles. The van der Waals surface area contributed by atoms with E-state index in [1.807, 2.05) is 0 Å². The van der Waals surface area contributed by atoms with Crippen molar-refractivity contribution in [1.82, 2.24) is 10.2 Å². The van der Waals surface area contributed by atoms with Crippen LogP contribution in [0.5, 0.6) is 0 Å². The third-order valence-electron chi connectivity index (χ3n) is 4.88. The molecule has 7 nitrogen and oxygen atoms in total. The number of benzene rings is 2. The number of carbonyl (C=O) groups excluding carboxylic acids is 4. The van der Waals surface area contributed by atoms with Gasteiger partial charge in [0.05, 0.1) is 12.2 Å². The molecule has 3 rings (SSSR count). The van der Waals surface area contributed by atoms with Gasteiger partial charge in [-0.05, 0) is 49.6 Å². The SMILES string of the molecule is CSc1cc(C(=O)CN2C(=O)NC(C)(c3cc(F)ccc3F)C2=O)ccc1NC(C)=O. The van der Waals surface area contributed by atoms with E-state index in [9.17, 15) is 28.0 Å². The predicted molar refractivity (Wildman–Crippen MR) is 111 cm³/mol. The Morgan fingerprint density at radius 3 is 2.52 bits per heavy atom. The molecule has 2 N–H and O–H groups in total. The van der Waals surface area contributed by atoms with Crippen molar-refractivity contribution >= 4 is 41.1 Å². The Balaban J connectivity index is 1.85. The van der Waals surface area contributed by atoms with Gasteiger partial charge in [0.15, 0.2) is 5.78 Å². The fourth-order valence-electron chi connectivity index (χ4n) is 3.30. The predicted octanol–water partition coefficient (Wildman–Crippen LogP) is 3.30. The lowest BCUT2D eigenvalue weighted by atomic mass is 9.91. The Kier molecular flexibility index (Phi) is 6.12.